The fraction of sp³-hybridized carbons (Fsp3) is 0.500. The molecule has 1 aliphatic rings. The molecule has 0 aliphatic carbocycles. The monoisotopic (exact) mass is 274 g/mol. The molecule has 2 N–H and O–H groups in total. The lowest BCUT2D eigenvalue weighted by Gasteiger charge is -2.21. The van der Waals surface area contributed by atoms with Gasteiger partial charge in [-0.3, -0.25) is 0 Å². The van der Waals surface area contributed by atoms with E-state index in [1.807, 2.05) is 18.2 Å². The van der Waals surface area contributed by atoms with Crippen molar-refractivity contribution >= 4 is 11.9 Å². The summed E-state index contributed by atoms with van der Waals surface area (Å²) in [5, 5.41) is 15.6. The van der Waals surface area contributed by atoms with Crippen molar-refractivity contribution in [2.24, 2.45) is 5.92 Å². The molecule has 0 saturated heterocycles. The van der Waals surface area contributed by atoms with Crippen LogP contribution in [-0.2, 0) is 0 Å². The van der Waals surface area contributed by atoms with Crippen LogP contribution in [0.1, 0.15) is 44.6 Å². The fourth-order valence-electron chi connectivity index (χ4n) is 2.51. The van der Waals surface area contributed by atoms with Gasteiger partial charge < -0.3 is 20.3 Å². The van der Waals surface area contributed by atoms with Gasteiger partial charge in [-0.15, -0.1) is 0 Å². The van der Waals surface area contributed by atoms with Gasteiger partial charge in [-0.05, 0) is 42.7 Å². The van der Waals surface area contributed by atoms with Gasteiger partial charge in [0.25, 0.3) is 0 Å². The Labute approximate surface area is 120 Å². The van der Waals surface area contributed by atoms with E-state index >= 15 is 0 Å². The molecule has 1 heterocycles. The molecule has 2 unspecified atom stereocenters. The molecule has 0 fully saturated rings. The van der Waals surface area contributed by atoms with Crippen molar-refractivity contribution in [2.45, 2.75) is 39.0 Å². The number of ether oxygens (including phenoxy) is 2. The topological polar surface area (TPSA) is 66.2 Å². The Bertz CT molecular complexity index is 499. The van der Waals surface area contributed by atoms with E-state index in [1.165, 1.54) is 6.21 Å². The second kappa shape index (κ2) is 6.55. The van der Waals surface area contributed by atoms with Crippen LogP contribution in [0, 0.1) is 16.7 Å². The maximum absolute atomic E-state index is 7.95. The van der Waals surface area contributed by atoms with E-state index in [1.54, 1.807) is 0 Å². The molecule has 1 aliphatic heterocycles. The Kier molecular flexibility index (Phi) is 4.77. The van der Waals surface area contributed by atoms with E-state index in [0.29, 0.717) is 6.42 Å². The van der Waals surface area contributed by atoms with Crippen LogP contribution >= 0.6 is 0 Å². The summed E-state index contributed by atoms with van der Waals surface area (Å²) in [6, 6.07) is 5.94. The van der Waals surface area contributed by atoms with E-state index in [2.05, 4.69) is 13.8 Å². The quantitative estimate of drug-likeness (QED) is 0.738. The van der Waals surface area contributed by atoms with Crippen molar-refractivity contribution in [1.29, 1.82) is 10.8 Å². The largest absolute Gasteiger partial charge is 0.454 e. The molecule has 108 valence electrons. The van der Waals surface area contributed by atoms with Crippen molar-refractivity contribution < 1.29 is 9.47 Å². The summed E-state index contributed by atoms with van der Waals surface area (Å²) in [5.41, 5.74) is 1.86. The van der Waals surface area contributed by atoms with E-state index in [-0.39, 0.29) is 18.6 Å². The minimum absolute atomic E-state index is 0.0643. The first-order valence-corrected chi connectivity index (χ1v) is 7.12. The van der Waals surface area contributed by atoms with Crippen LogP contribution < -0.4 is 9.47 Å². The van der Waals surface area contributed by atoms with Crippen LogP contribution in [0.2, 0.25) is 0 Å². The first kappa shape index (κ1) is 14.6. The minimum atomic E-state index is 0.0643. The molecule has 2 rings (SSSR count). The molecule has 0 saturated carbocycles. The van der Waals surface area contributed by atoms with Gasteiger partial charge in [0.15, 0.2) is 11.5 Å². The summed E-state index contributed by atoms with van der Waals surface area (Å²) in [6.45, 7) is 4.46. The molecule has 1 aromatic carbocycles. The molecule has 2 atom stereocenters. The fourth-order valence-corrected chi connectivity index (χ4v) is 2.51. The summed E-state index contributed by atoms with van der Waals surface area (Å²) in [6.07, 6.45) is 3.94. The highest BCUT2D eigenvalue weighted by Crippen LogP contribution is 2.36. The Hall–Kier alpha value is -1.84. The van der Waals surface area contributed by atoms with Crippen molar-refractivity contribution in [3.05, 3.63) is 23.8 Å². The lowest BCUT2D eigenvalue weighted by molar-refractivity contribution is 0.174. The minimum Gasteiger partial charge on any atom is -0.454 e. The van der Waals surface area contributed by atoms with E-state index in [9.17, 15) is 0 Å². The highest BCUT2D eigenvalue weighted by Gasteiger charge is 2.21. The van der Waals surface area contributed by atoms with Gasteiger partial charge in [0, 0.05) is 11.6 Å². The molecule has 0 aromatic heterocycles. The molecule has 0 spiro atoms. The summed E-state index contributed by atoms with van der Waals surface area (Å²) >= 11 is 0. The summed E-state index contributed by atoms with van der Waals surface area (Å²) in [5.74, 6) is 1.82. The average Bonchev–Trinajstić information content (AvgIpc) is 2.91. The third-order valence-electron chi connectivity index (χ3n) is 3.81. The van der Waals surface area contributed by atoms with Crippen LogP contribution in [-0.4, -0.2) is 18.7 Å². The van der Waals surface area contributed by atoms with Gasteiger partial charge in [0.1, 0.15) is 0 Å². The molecule has 1 aromatic rings. The highest BCUT2D eigenvalue weighted by atomic mass is 16.7. The van der Waals surface area contributed by atoms with Crippen molar-refractivity contribution in [3.8, 4) is 11.5 Å². The second-order valence-corrected chi connectivity index (χ2v) is 5.29. The molecular weight excluding hydrogens is 252 g/mol. The Morgan fingerprint density at radius 1 is 1.35 bits per heavy atom. The molecule has 20 heavy (non-hydrogen) atoms. The van der Waals surface area contributed by atoms with Crippen molar-refractivity contribution in [2.75, 3.05) is 6.79 Å². The number of benzene rings is 1. The van der Waals surface area contributed by atoms with Gasteiger partial charge in [-0.2, -0.15) is 0 Å². The summed E-state index contributed by atoms with van der Waals surface area (Å²) < 4.78 is 10.7. The van der Waals surface area contributed by atoms with Gasteiger partial charge >= 0.3 is 0 Å². The molecule has 4 heteroatoms. The Morgan fingerprint density at radius 3 is 2.80 bits per heavy atom. The van der Waals surface area contributed by atoms with Crippen molar-refractivity contribution in [1.82, 2.24) is 0 Å². The van der Waals surface area contributed by atoms with Crippen LogP contribution in [0.4, 0.5) is 0 Å². The zero-order valence-corrected chi connectivity index (χ0v) is 12.1. The van der Waals surface area contributed by atoms with Crippen LogP contribution in [0.25, 0.3) is 0 Å². The zero-order valence-electron chi connectivity index (χ0n) is 12.1. The summed E-state index contributed by atoms with van der Waals surface area (Å²) in [4.78, 5) is 0. The SMILES string of the molecule is CCCC(=N)CC(C=N)C(C)c1ccc2c(c1)OCO2. The summed E-state index contributed by atoms with van der Waals surface area (Å²) in [7, 11) is 0. The molecule has 4 nitrogen and oxygen atoms in total. The number of nitrogens with one attached hydrogen (secondary N) is 2. The van der Waals surface area contributed by atoms with Crippen LogP contribution in [0.15, 0.2) is 18.2 Å². The van der Waals surface area contributed by atoms with Crippen LogP contribution in [0.3, 0.4) is 0 Å². The average molecular weight is 274 g/mol. The zero-order chi connectivity index (χ0) is 14.5. The van der Waals surface area contributed by atoms with Gasteiger partial charge in [0.05, 0.1) is 0 Å². The van der Waals surface area contributed by atoms with E-state index < -0.39 is 0 Å². The second-order valence-electron chi connectivity index (χ2n) is 5.29. The maximum atomic E-state index is 7.95. The molecule has 0 bridgehead atoms. The number of hydrogen-bond acceptors (Lipinski definition) is 4. The van der Waals surface area contributed by atoms with E-state index in [4.69, 9.17) is 20.3 Å². The van der Waals surface area contributed by atoms with E-state index in [0.717, 1.165) is 35.6 Å². The maximum Gasteiger partial charge on any atom is 0.231 e. The number of fused-ring (bicyclic) bond motifs is 1. The first-order chi connectivity index (χ1) is 9.65. The van der Waals surface area contributed by atoms with Gasteiger partial charge in [0.2, 0.25) is 6.79 Å². The number of hydrogen-bond donors (Lipinski definition) is 2. The van der Waals surface area contributed by atoms with Gasteiger partial charge in [-0.1, -0.05) is 26.3 Å². The number of rotatable bonds is 7. The third-order valence-corrected chi connectivity index (χ3v) is 3.81. The Balaban J connectivity index is 2.09. The predicted octanol–water partition coefficient (Wildman–Crippen LogP) is 3.99. The lowest BCUT2D eigenvalue weighted by atomic mass is 9.84. The predicted molar refractivity (Wildman–Crippen MR) is 80.5 cm³/mol. The molecule has 0 radical (unpaired) electrons. The molecular formula is C16H22N2O2. The highest BCUT2D eigenvalue weighted by molar-refractivity contribution is 5.84. The third kappa shape index (κ3) is 3.18. The van der Waals surface area contributed by atoms with Crippen LogP contribution in [0.5, 0.6) is 11.5 Å². The normalized spacial score (nSPS) is 15.7. The Morgan fingerprint density at radius 2 is 2.10 bits per heavy atom. The van der Waals surface area contributed by atoms with Gasteiger partial charge in [-0.25, -0.2) is 0 Å². The standard InChI is InChI=1S/C16H22N2O2/c1-3-4-14(18)7-13(9-17)11(2)12-5-6-15-16(8-12)20-10-19-15/h5-6,8-9,11,13,17-18H,3-4,7,10H2,1-2H3. The smallest absolute Gasteiger partial charge is 0.231 e. The first-order valence-electron chi connectivity index (χ1n) is 7.12. The molecule has 0 amide bonds. The lowest BCUT2D eigenvalue weighted by Crippen LogP contribution is -2.15. The van der Waals surface area contributed by atoms with Crippen molar-refractivity contribution in [3.63, 3.8) is 0 Å².